The molecule has 0 atom stereocenters. The summed E-state index contributed by atoms with van der Waals surface area (Å²) >= 11 is 10.3. The quantitative estimate of drug-likeness (QED) is 0.0184. The Kier molecular flexibility index (Phi) is 115. The fourth-order valence-electron chi connectivity index (χ4n) is 5.47. The molecule has 3 fully saturated rings. The van der Waals surface area contributed by atoms with Crippen LogP contribution in [0.25, 0.3) is 0 Å². The van der Waals surface area contributed by atoms with E-state index in [-0.39, 0.29) is 169 Å². The van der Waals surface area contributed by atoms with Crippen molar-refractivity contribution in [2.75, 3.05) is 190 Å². The summed E-state index contributed by atoms with van der Waals surface area (Å²) in [5, 5.41) is 32.9. The van der Waals surface area contributed by atoms with Gasteiger partial charge in [0.15, 0.2) is 27.2 Å². The molecule has 4 N–H and O–H groups in total. The van der Waals surface area contributed by atoms with Gasteiger partial charge in [0, 0.05) is 110 Å². The molecule has 104 heavy (non-hydrogen) atoms. The van der Waals surface area contributed by atoms with Crippen LogP contribution >= 0.6 is 44.6 Å². The standard InChI is InChI=1S/C11H16O4.C9H8N2O7.C8H12O4.C8H10O2.C4H9ClO3.C4H9ClO2.2C4H10O4.C4H10O3.3CH2O.CH4.Cl2OS/c1-12-8-14-10-15-9-13-7-11-5-3-2-4-6-11;12-5-1-2-6(13)10(5)17-9(16)18-11-7(14)3-4-8(11)15;1-11-5-12-4-6-7(9)2-3-8(6)10;9-7-10-6-8-4-2-1-3-5-8;1-6-3-8-4-7-2-5;1-6-2-3-7-4-5;2*1-6-3-8-4-7-2-5;1-6-2-3-7-4-5;3*1-2;;1-4(2)3/h2-6H,7-10H2,1H3;1-4H2;6H,2-5H2,1H3;1-5,9H,6-7H2;2-4H2,1H3;2-4H2,1H3;2*5H,2-4H2,1H3;5H,2-4H2,1H3;3*1H2;1H4;. The molecule has 1 aliphatic carbocycles. The molecule has 0 bridgehead atoms. The van der Waals surface area contributed by atoms with Crippen LogP contribution in [0.5, 0.6) is 0 Å². The predicted octanol–water partition coefficient (Wildman–Crippen LogP) is 3.74. The highest BCUT2D eigenvalue weighted by Crippen LogP contribution is 2.18. The van der Waals surface area contributed by atoms with Crippen LogP contribution in [-0.2, 0) is 170 Å². The number of halogens is 4. The van der Waals surface area contributed by atoms with Crippen LogP contribution in [0.4, 0.5) is 4.79 Å². The smallest absolute Gasteiger partial charge is 0.382 e. The summed E-state index contributed by atoms with van der Waals surface area (Å²) in [6.45, 7) is 10.1. The van der Waals surface area contributed by atoms with Gasteiger partial charge < -0.3 is 130 Å². The molecule has 0 radical (unpaired) electrons. The molecule has 5 rings (SSSR count). The van der Waals surface area contributed by atoms with E-state index in [1.165, 1.54) is 21.3 Å². The number of benzene rings is 2. The van der Waals surface area contributed by atoms with E-state index in [1.54, 1.807) is 28.4 Å². The molecular formula is C60H104Cl4N2O37S. The summed E-state index contributed by atoms with van der Waals surface area (Å²) in [5.74, 6) is -3.27. The molecule has 2 heterocycles. The van der Waals surface area contributed by atoms with Crippen molar-refractivity contribution in [1.29, 1.82) is 0 Å². The molecule has 1 saturated carbocycles. The zero-order valence-electron chi connectivity index (χ0n) is 58.6. The third kappa shape index (κ3) is 90.9. The van der Waals surface area contributed by atoms with Gasteiger partial charge >= 0.3 is 6.16 Å². The van der Waals surface area contributed by atoms with Gasteiger partial charge in [-0.3, -0.25) is 38.4 Å². The lowest BCUT2D eigenvalue weighted by Gasteiger charge is -2.15. The second-order valence-corrected chi connectivity index (χ2v) is 19.6. The number of ether oxygens (including phenoxy) is 20. The number of carbonyl (C=O) groups is 10. The first-order chi connectivity index (χ1) is 49.9. The molecule has 2 aliphatic heterocycles. The number of hydroxylamine groups is 4. The van der Waals surface area contributed by atoms with Crippen molar-refractivity contribution >= 4 is 116 Å². The molecule has 610 valence electrons. The molecule has 2 saturated heterocycles. The lowest BCUT2D eigenvalue weighted by Crippen LogP contribution is -2.37. The average molecular weight is 1620 g/mol. The summed E-state index contributed by atoms with van der Waals surface area (Å²) in [7, 11) is 18.2. The van der Waals surface area contributed by atoms with Crippen molar-refractivity contribution < 1.29 is 177 Å². The molecular weight excluding hydrogens is 1510 g/mol. The molecule has 2 aromatic rings. The zero-order valence-corrected chi connectivity index (χ0v) is 62.4. The number of ketones is 2. The van der Waals surface area contributed by atoms with E-state index >= 15 is 0 Å². The molecule has 44 heteroatoms. The normalized spacial score (nSPS) is 12.0. The van der Waals surface area contributed by atoms with Crippen LogP contribution in [0.1, 0.15) is 57.1 Å². The number of Topliss-reactive ketones (excluding diaryl/α,β-unsaturated/α-hetero) is 2. The maximum Gasteiger partial charge on any atom is 0.560 e. The van der Waals surface area contributed by atoms with Crippen molar-refractivity contribution in [3.63, 3.8) is 0 Å². The highest BCUT2D eigenvalue weighted by atomic mass is 36.0. The number of carbonyl (C=O) groups excluding carboxylic acids is 10. The van der Waals surface area contributed by atoms with Crippen molar-refractivity contribution in [1.82, 2.24) is 10.1 Å². The lowest BCUT2D eigenvalue weighted by atomic mass is 10.1. The molecule has 4 amide bonds. The summed E-state index contributed by atoms with van der Waals surface area (Å²) in [4.78, 5) is 110. The average Bonchev–Trinajstić information content (AvgIpc) is 1.71. The zero-order chi connectivity index (χ0) is 79.6. The fraction of sp³-hybridized carbons (Fsp3) is 0.633. The molecule has 2 aromatic carbocycles. The fourth-order valence-corrected chi connectivity index (χ4v) is 5.64. The number of imide groups is 2. The largest absolute Gasteiger partial charge is 0.560 e. The Bertz CT molecular complexity index is 2030. The number of rotatable bonds is 40. The van der Waals surface area contributed by atoms with Crippen LogP contribution in [0.15, 0.2) is 60.7 Å². The Morgan fingerprint density at radius 2 is 0.692 bits per heavy atom. The Hall–Kier alpha value is -5.31. The maximum absolute atomic E-state index is 11.2. The topological polar surface area (TPSA) is 478 Å². The number of aliphatic hydroxyl groups is 4. The third-order valence-electron chi connectivity index (χ3n) is 9.47. The number of hydrogen-bond donors (Lipinski definition) is 4. The van der Waals surface area contributed by atoms with Gasteiger partial charge in [-0.25, -0.2) is 4.21 Å². The number of amides is 4. The maximum atomic E-state index is 11.2. The second-order valence-electron chi connectivity index (χ2n) is 16.6. The number of methoxy groups -OCH3 is 7. The lowest BCUT2D eigenvalue weighted by molar-refractivity contribution is -0.198. The van der Waals surface area contributed by atoms with Gasteiger partial charge in [-0.15, -0.1) is 0 Å². The summed E-state index contributed by atoms with van der Waals surface area (Å²) < 4.78 is 103. The number of alkyl halides is 2. The SMILES string of the molecule is C.C=O.C=O.C=O.COCCOCCl.COCCOCO.COCOCC1C(=O)CCC1=O.COCOCOCCl.COCOCOCO.COCOCOCO.COCOCOCOCc1ccccc1.O=C(ON1C(=O)CCC1=O)ON1C(=O)CCC1=O.O=S(Cl)Cl.OCOCc1ccccc1. The molecule has 0 spiro atoms. The van der Waals surface area contributed by atoms with Gasteiger partial charge in [0.2, 0.25) is 9.23 Å². The van der Waals surface area contributed by atoms with E-state index in [9.17, 15) is 33.6 Å². The molecule has 0 aromatic heterocycles. The van der Waals surface area contributed by atoms with Crippen LogP contribution < -0.4 is 0 Å². The van der Waals surface area contributed by atoms with E-state index in [0.29, 0.717) is 52.5 Å². The monoisotopic (exact) mass is 1620 g/mol. The first-order valence-electron chi connectivity index (χ1n) is 28.8. The minimum atomic E-state index is -1.67. The summed E-state index contributed by atoms with van der Waals surface area (Å²) in [6, 6.07) is 20.1. The van der Waals surface area contributed by atoms with Gasteiger partial charge in [0.25, 0.3) is 23.6 Å². The molecule has 3 aliphatic rings. The van der Waals surface area contributed by atoms with Gasteiger partial charge in [0.05, 0.1) is 52.2 Å². The molecule has 39 nitrogen and oxygen atoms in total. The highest BCUT2D eigenvalue weighted by Gasteiger charge is 2.37. The van der Waals surface area contributed by atoms with Crippen molar-refractivity contribution in [2.45, 2.75) is 59.2 Å². The number of hydrogen-bond acceptors (Lipinski definition) is 37. The van der Waals surface area contributed by atoms with E-state index in [2.05, 4.69) is 92.6 Å². The first-order valence-corrected chi connectivity index (χ1v) is 32.6. The number of aliphatic hydroxyl groups excluding tert-OH is 4. The van der Waals surface area contributed by atoms with Crippen LogP contribution in [0, 0.1) is 5.92 Å². The minimum absolute atomic E-state index is 0. The Morgan fingerprint density at radius 1 is 0.404 bits per heavy atom. The van der Waals surface area contributed by atoms with Gasteiger partial charge in [-0.1, -0.05) is 101 Å². The Morgan fingerprint density at radius 3 is 1.01 bits per heavy atom. The van der Waals surface area contributed by atoms with Crippen LogP contribution in [0.3, 0.4) is 0 Å². The van der Waals surface area contributed by atoms with E-state index in [1.807, 2.05) is 81.0 Å². The number of nitrogens with zero attached hydrogens (tertiary/aromatic N) is 2. The highest BCUT2D eigenvalue weighted by molar-refractivity contribution is 8.26. The van der Waals surface area contributed by atoms with Gasteiger partial charge in [-0.2, -0.15) is 4.79 Å². The first kappa shape index (κ1) is 117. The Balaban J connectivity index is -0.000000140. The minimum Gasteiger partial charge on any atom is -0.382 e. The van der Waals surface area contributed by atoms with Crippen molar-refractivity contribution in [3.8, 4) is 0 Å². The van der Waals surface area contributed by atoms with E-state index in [4.69, 9.17) is 95.4 Å². The molecule has 0 unspecified atom stereocenters. The van der Waals surface area contributed by atoms with Crippen molar-refractivity contribution in [3.05, 3.63) is 71.8 Å². The van der Waals surface area contributed by atoms with Crippen LogP contribution in [0.2, 0.25) is 0 Å². The van der Waals surface area contributed by atoms with E-state index < -0.39 is 44.9 Å². The van der Waals surface area contributed by atoms with Gasteiger partial charge in [0.1, 0.15) is 112 Å². The summed E-state index contributed by atoms with van der Waals surface area (Å²) in [6.07, 6.45) is -0.982. The summed E-state index contributed by atoms with van der Waals surface area (Å²) in [5.41, 5.74) is 2.20. The second kappa shape index (κ2) is 102. The predicted molar refractivity (Wildman–Crippen MR) is 367 cm³/mol. The van der Waals surface area contributed by atoms with Crippen molar-refractivity contribution in [2.24, 2.45) is 5.92 Å². The third-order valence-corrected chi connectivity index (χ3v) is 9.78. The van der Waals surface area contributed by atoms with Crippen LogP contribution in [-0.4, -0.2) is 287 Å². The van der Waals surface area contributed by atoms with E-state index in [0.717, 1.165) is 11.1 Å². The Labute approximate surface area is 626 Å². The van der Waals surface area contributed by atoms with Gasteiger partial charge in [-0.05, 0) is 11.1 Å².